The summed E-state index contributed by atoms with van der Waals surface area (Å²) in [6.45, 7) is 3.27. The van der Waals surface area contributed by atoms with Gasteiger partial charge in [0.15, 0.2) is 27.2 Å². The van der Waals surface area contributed by atoms with Crippen LogP contribution in [0.25, 0.3) is 28.2 Å². The Morgan fingerprint density at radius 1 is 1.05 bits per heavy atom. The molecule has 1 saturated carbocycles. The summed E-state index contributed by atoms with van der Waals surface area (Å²) in [5.41, 5.74) is 3.96. The first-order chi connectivity index (χ1) is 19.4. The van der Waals surface area contributed by atoms with Crippen molar-refractivity contribution in [3.63, 3.8) is 0 Å². The smallest absolute Gasteiger partial charge is 0.434 e. The van der Waals surface area contributed by atoms with Gasteiger partial charge in [-0.1, -0.05) is 12.1 Å². The summed E-state index contributed by atoms with van der Waals surface area (Å²) in [6, 6.07) is 10.4. The average molecular weight is 581 g/mol. The van der Waals surface area contributed by atoms with Gasteiger partial charge in [0, 0.05) is 48.3 Å². The number of hydrogen-bond donors (Lipinski definition) is 0. The van der Waals surface area contributed by atoms with Gasteiger partial charge in [-0.05, 0) is 74.1 Å². The second kappa shape index (κ2) is 9.83. The first kappa shape index (κ1) is 27.2. The van der Waals surface area contributed by atoms with E-state index in [0.717, 1.165) is 42.1 Å². The number of nitrogens with zero attached hydrogens (tertiary/aromatic N) is 4. The standard InChI is InChI=1S/C30H27F3N4O3S/c1-17-35-26(30(31,32)33)16-37(17)25-12-11-21(20-6-4-7-22(14-20)41(3,38)39)15-24(25)28-29(40-18(2)36-28)23-8-5-13-34-27(23)19-9-10-19/h4-8,13-16,19H,9-12H2,1-3H3. The van der Waals surface area contributed by atoms with Crippen LogP contribution in [-0.2, 0) is 16.0 Å². The number of aromatic nitrogens is 4. The fraction of sp³-hybridized carbons (Fsp3) is 0.300. The van der Waals surface area contributed by atoms with Gasteiger partial charge in [-0.3, -0.25) is 4.98 Å². The molecule has 11 heteroatoms. The van der Waals surface area contributed by atoms with Crippen LogP contribution in [0, 0.1) is 13.8 Å². The molecule has 2 aliphatic rings. The predicted octanol–water partition coefficient (Wildman–Crippen LogP) is 7.10. The highest BCUT2D eigenvalue weighted by atomic mass is 32.2. The fourth-order valence-electron chi connectivity index (χ4n) is 5.29. The van der Waals surface area contributed by atoms with Crippen LogP contribution in [-0.4, -0.2) is 34.2 Å². The van der Waals surface area contributed by atoms with E-state index in [0.29, 0.717) is 52.9 Å². The lowest BCUT2D eigenvalue weighted by atomic mass is 9.89. The molecule has 0 radical (unpaired) electrons. The molecule has 41 heavy (non-hydrogen) atoms. The van der Waals surface area contributed by atoms with E-state index in [9.17, 15) is 21.6 Å². The van der Waals surface area contributed by atoms with Gasteiger partial charge < -0.3 is 8.98 Å². The van der Waals surface area contributed by atoms with Crippen molar-refractivity contribution in [3.8, 4) is 11.3 Å². The lowest BCUT2D eigenvalue weighted by molar-refractivity contribution is -0.141. The highest BCUT2D eigenvalue weighted by Gasteiger charge is 2.36. The van der Waals surface area contributed by atoms with Crippen LogP contribution in [0.15, 0.2) is 64.2 Å². The topological polar surface area (TPSA) is 90.9 Å². The number of allylic oxidation sites excluding steroid dienone is 4. The number of aryl methyl sites for hydroxylation is 2. The molecule has 1 fully saturated rings. The lowest BCUT2D eigenvalue weighted by Gasteiger charge is -2.22. The van der Waals surface area contributed by atoms with Crippen molar-refractivity contribution in [2.24, 2.45) is 0 Å². The van der Waals surface area contributed by atoms with Crippen molar-refractivity contribution >= 4 is 26.7 Å². The minimum absolute atomic E-state index is 0.190. The van der Waals surface area contributed by atoms with Crippen LogP contribution in [0.4, 0.5) is 13.2 Å². The summed E-state index contributed by atoms with van der Waals surface area (Å²) in [5.74, 6) is 1.42. The molecule has 0 spiro atoms. The summed E-state index contributed by atoms with van der Waals surface area (Å²) in [6.07, 6.45) is 4.07. The molecule has 1 aromatic carbocycles. The molecule has 0 saturated heterocycles. The number of halogens is 3. The molecule has 0 N–H and O–H groups in total. The number of sulfone groups is 1. The van der Waals surface area contributed by atoms with E-state index in [2.05, 4.69) is 9.97 Å². The summed E-state index contributed by atoms with van der Waals surface area (Å²) >= 11 is 0. The number of hydrogen-bond acceptors (Lipinski definition) is 6. The minimum atomic E-state index is -4.59. The molecule has 3 aromatic heterocycles. The SMILES string of the molecule is Cc1nc(C2=C(n3cc(C(F)(F)F)nc3C)CCC(c3cccc(S(C)(=O)=O)c3)=C2)c(-c2cccnc2C2CC2)o1. The fourth-order valence-corrected chi connectivity index (χ4v) is 5.96. The van der Waals surface area contributed by atoms with E-state index in [1.54, 1.807) is 31.3 Å². The predicted molar refractivity (Wildman–Crippen MR) is 148 cm³/mol. The molecule has 212 valence electrons. The number of benzene rings is 1. The van der Waals surface area contributed by atoms with Crippen molar-refractivity contribution in [2.75, 3.05) is 6.26 Å². The summed E-state index contributed by atoms with van der Waals surface area (Å²) in [5, 5.41) is 0. The van der Waals surface area contributed by atoms with Gasteiger partial charge >= 0.3 is 6.18 Å². The first-order valence-electron chi connectivity index (χ1n) is 13.2. The molecule has 2 aliphatic carbocycles. The van der Waals surface area contributed by atoms with Crippen LogP contribution < -0.4 is 0 Å². The Morgan fingerprint density at radius 3 is 2.51 bits per heavy atom. The number of alkyl halides is 3. The summed E-state index contributed by atoms with van der Waals surface area (Å²) in [7, 11) is -3.44. The van der Waals surface area contributed by atoms with Crippen LogP contribution in [0.3, 0.4) is 0 Å². The van der Waals surface area contributed by atoms with E-state index in [1.165, 1.54) is 11.5 Å². The Balaban J connectivity index is 1.59. The number of imidazole rings is 1. The maximum atomic E-state index is 13.6. The molecule has 6 rings (SSSR count). The Hall–Kier alpha value is -3.99. The highest BCUT2D eigenvalue weighted by Crippen LogP contribution is 2.46. The minimum Gasteiger partial charge on any atom is -0.440 e. The zero-order chi connectivity index (χ0) is 29.1. The summed E-state index contributed by atoms with van der Waals surface area (Å²) in [4.78, 5) is 13.3. The van der Waals surface area contributed by atoms with E-state index in [1.807, 2.05) is 24.3 Å². The number of rotatable bonds is 6. The van der Waals surface area contributed by atoms with Gasteiger partial charge in [0.25, 0.3) is 0 Å². The van der Waals surface area contributed by atoms with E-state index in [4.69, 9.17) is 9.40 Å². The monoisotopic (exact) mass is 580 g/mol. The van der Waals surface area contributed by atoms with Crippen molar-refractivity contribution in [1.82, 2.24) is 19.5 Å². The molecular weight excluding hydrogens is 553 g/mol. The third-order valence-corrected chi connectivity index (χ3v) is 8.50. The highest BCUT2D eigenvalue weighted by molar-refractivity contribution is 7.90. The Labute approximate surface area is 235 Å². The third-order valence-electron chi connectivity index (χ3n) is 7.39. The van der Waals surface area contributed by atoms with Crippen molar-refractivity contribution < 1.29 is 26.0 Å². The van der Waals surface area contributed by atoms with Gasteiger partial charge in [0.1, 0.15) is 11.5 Å². The average Bonchev–Trinajstić information content (AvgIpc) is 3.59. The van der Waals surface area contributed by atoms with Gasteiger partial charge in [0.05, 0.1) is 10.6 Å². The van der Waals surface area contributed by atoms with Crippen molar-refractivity contribution in [2.45, 2.75) is 56.5 Å². The largest absolute Gasteiger partial charge is 0.440 e. The van der Waals surface area contributed by atoms with Crippen molar-refractivity contribution in [1.29, 1.82) is 0 Å². The second-order valence-corrected chi connectivity index (χ2v) is 12.5. The van der Waals surface area contributed by atoms with Gasteiger partial charge in [-0.2, -0.15) is 13.2 Å². The van der Waals surface area contributed by atoms with Gasteiger partial charge in [-0.25, -0.2) is 18.4 Å². The van der Waals surface area contributed by atoms with Crippen LogP contribution in [0.1, 0.15) is 66.0 Å². The number of pyridine rings is 1. The maximum absolute atomic E-state index is 13.6. The molecule has 3 heterocycles. The molecule has 0 aliphatic heterocycles. The van der Waals surface area contributed by atoms with Gasteiger partial charge in [0.2, 0.25) is 0 Å². The third kappa shape index (κ3) is 5.26. The molecule has 7 nitrogen and oxygen atoms in total. The number of oxazole rings is 1. The van der Waals surface area contributed by atoms with E-state index < -0.39 is 21.7 Å². The quantitative estimate of drug-likeness (QED) is 0.242. The zero-order valence-corrected chi connectivity index (χ0v) is 23.5. The maximum Gasteiger partial charge on any atom is 0.434 e. The van der Waals surface area contributed by atoms with Crippen LogP contribution >= 0.6 is 0 Å². The Bertz CT molecular complexity index is 1840. The molecule has 0 unspecified atom stereocenters. The molecule has 4 aromatic rings. The van der Waals surface area contributed by atoms with E-state index in [-0.39, 0.29) is 10.7 Å². The first-order valence-corrected chi connectivity index (χ1v) is 15.1. The van der Waals surface area contributed by atoms with Crippen LogP contribution in [0.5, 0.6) is 0 Å². The molecule has 0 amide bonds. The zero-order valence-electron chi connectivity index (χ0n) is 22.7. The van der Waals surface area contributed by atoms with Crippen molar-refractivity contribution in [3.05, 3.63) is 89.2 Å². The second-order valence-electron chi connectivity index (χ2n) is 10.5. The molecular formula is C30H27F3N4O3S. The normalized spacial score (nSPS) is 16.3. The Morgan fingerprint density at radius 2 is 1.83 bits per heavy atom. The summed E-state index contributed by atoms with van der Waals surface area (Å²) < 4.78 is 73.0. The van der Waals surface area contributed by atoms with E-state index >= 15 is 0 Å². The van der Waals surface area contributed by atoms with Gasteiger partial charge in [-0.15, -0.1) is 0 Å². The molecule has 0 bridgehead atoms. The van der Waals surface area contributed by atoms with Crippen LogP contribution in [0.2, 0.25) is 0 Å². The molecule has 0 atom stereocenters. The Kier molecular flexibility index (Phi) is 6.52. The lowest BCUT2D eigenvalue weighted by Crippen LogP contribution is -2.08.